The molecule has 0 heterocycles. The fourth-order valence-electron chi connectivity index (χ4n) is 2.27. The van der Waals surface area contributed by atoms with Crippen molar-refractivity contribution in [3.05, 3.63) is 29.3 Å². The maximum Gasteiger partial charge on any atom is 0.307 e. The molecule has 2 atom stereocenters. The van der Waals surface area contributed by atoms with E-state index >= 15 is 0 Å². The Hall–Kier alpha value is -1.55. The van der Waals surface area contributed by atoms with E-state index in [0.29, 0.717) is 6.42 Å². The molecule has 1 aromatic rings. The number of hydrogen-bond acceptors (Lipinski definition) is 3. The second-order valence-corrected chi connectivity index (χ2v) is 5.11. The highest BCUT2D eigenvalue weighted by Crippen LogP contribution is 2.22. The van der Waals surface area contributed by atoms with Gasteiger partial charge in [0.05, 0.1) is 13.0 Å². The first-order valence-electron chi connectivity index (χ1n) is 6.54. The molecule has 3 N–H and O–H groups in total. The Morgan fingerprint density at radius 3 is 2.63 bits per heavy atom. The van der Waals surface area contributed by atoms with Crippen LogP contribution >= 0.6 is 0 Å². The van der Waals surface area contributed by atoms with Crippen molar-refractivity contribution in [2.24, 2.45) is 17.6 Å². The zero-order valence-electron chi connectivity index (χ0n) is 11.8. The van der Waals surface area contributed by atoms with E-state index in [-0.39, 0.29) is 12.5 Å². The summed E-state index contributed by atoms with van der Waals surface area (Å²) in [5, 5.41) is 9.01. The predicted molar refractivity (Wildman–Crippen MR) is 75.4 cm³/mol. The topological polar surface area (TPSA) is 72.5 Å². The highest BCUT2D eigenvalue weighted by atomic mass is 16.5. The normalized spacial score (nSPS) is 13.9. The van der Waals surface area contributed by atoms with Crippen molar-refractivity contribution in [2.45, 2.75) is 26.7 Å². The molecule has 0 aliphatic carbocycles. The van der Waals surface area contributed by atoms with Crippen molar-refractivity contribution in [3.8, 4) is 5.75 Å². The quantitative estimate of drug-likeness (QED) is 0.793. The maximum absolute atomic E-state index is 11.0. The van der Waals surface area contributed by atoms with Gasteiger partial charge in [0.2, 0.25) is 0 Å². The van der Waals surface area contributed by atoms with Gasteiger partial charge < -0.3 is 15.6 Å². The highest BCUT2D eigenvalue weighted by Gasteiger charge is 2.19. The summed E-state index contributed by atoms with van der Waals surface area (Å²) in [5.74, 6) is -0.120. The molecule has 19 heavy (non-hydrogen) atoms. The van der Waals surface area contributed by atoms with Crippen molar-refractivity contribution >= 4 is 5.97 Å². The van der Waals surface area contributed by atoms with Crippen LogP contribution in [0.2, 0.25) is 0 Å². The van der Waals surface area contributed by atoms with Crippen LogP contribution in [-0.2, 0) is 11.2 Å². The molecule has 4 heteroatoms. The van der Waals surface area contributed by atoms with Gasteiger partial charge in [-0.15, -0.1) is 0 Å². The summed E-state index contributed by atoms with van der Waals surface area (Å²) < 4.78 is 5.17. The molecule has 0 aliphatic heterocycles. The van der Waals surface area contributed by atoms with Gasteiger partial charge in [-0.3, -0.25) is 4.79 Å². The monoisotopic (exact) mass is 265 g/mol. The Labute approximate surface area is 114 Å². The number of hydrogen-bond donors (Lipinski definition) is 2. The lowest BCUT2D eigenvalue weighted by Crippen LogP contribution is -2.25. The lowest BCUT2D eigenvalue weighted by Gasteiger charge is -2.17. The molecule has 2 unspecified atom stereocenters. The number of aryl methyl sites for hydroxylation is 1. The van der Waals surface area contributed by atoms with E-state index in [1.807, 2.05) is 25.1 Å². The summed E-state index contributed by atoms with van der Waals surface area (Å²) in [6.45, 7) is 4.30. The van der Waals surface area contributed by atoms with Crippen LogP contribution in [0.15, 0.2) is 18.2 Å². The van der Waals surface area contributed by atoms with Crippen LogP contribution in [0.3, 0.4) is 0 Å². The number of aliphatic carboxylic acids is 1. The van der Waals surface area contributed by atoms with Crippen LogP contribution in [0.4, 0.5) is 0 Å². The van der Waals surface area contributed by atoms with Gasteiger partial charge >= 0.3 is 5.97 Å². The largest absolute Gasteiger partial charge is 0.497 e. The van der Waals surface area contributed by atoms with Crippen molar-refractivity contribution in [3.63, 3.8) is 0 Å². The number of nitrogens with two attached hydrogens (primary N) is 1. The molecule has 0 aliphatic rings. The lowest BCUT2D eigenvalue weighted by molar-refractivity contribution is -0.141. The van der Waals surface area contributed by atoms with E-state index in [2.05, 4.69) is 6.92 Å². The van der Waals surface area contributed by atoms with Crippen molar-refractivity contribution < 1.29 is 14.6 Å². The smallest absolute Gasteiger partial charge is 0.307 e. The maximum atomic E-state index is 11.0. The molecule has 0 saturated carbocycles. The van der Waals surface area contributed by atoms with Crippen molar-refractivity contribution in [1.82, 2.24) is 0 Å². The van der Waals surface area contributed by atoms with Gasteiger partial charge in [0, 0.05) is 6.54 Å². The van der Waals surface area contributed by atoms with Crippen LogP contribution in [-0.4, -0.2) is 24.7 Å². The van der Waals surface area contributed by atoms with Crippen LogP contribution < -0.4 is 10.5 Å². The van der Waals surface area contributed by atoms with Crippen LogP contribution in [0.1, 0.15) is 24.5 Å². The minimum absolute atomic E-state index is 0.196. The van der Waals surface area contributed by atoms with Gasteiger partial charge in [0.25, 0.3) is 0 Å². The molecule has 1 aromatic carbocycles. The van der Waals surface area contributed by atoms with E-state index in [9.17, 15) is 4.79 Å². The molecule has 0 fully saturated rings. The summed E-state index contributed by atoms with van der Waals surface area (Å²) in [6, 6.07) is 5.98. The molecule has 0 amide bonds. The number of benzene rings is 1. The van der Waals surface area contributed by atoms with Gasteiger partial charge in [-0.1, -0.05) is 13.0 Å². The fraction of sp³-hybridized carbons (Fsp3) is 0.533. The predicted octanol–water partition coefficient (Wildman–Crippen LogP) is 2.23. The molecule has 0 bridgehead atoms. The molecule has 4 nitrogen and oxygen atoms in total. The zero-order valence-corrected chi connectivity index (χ0v) is 11.8. The molecule has 0 saturated heterocycles. The molecule has 106 valence electrons. The number of methoxy groups -OCH3 is 1. The summed E-state index contributed by atoms with van der Waals surface area (Å²) in [4.78, 5) is 11.0. The summed E-state index contributed by atoms with van der Waals surface area (Å²) >= 11 is 0. The average Bonchev–Trinajstić information content (AvgIpc) is 2.37. The molecule has 0 spiro atoms. The Balaban J connectivity index is 2.66. The average molecular weight is 265 g/mol. The third-order valence-electron chi connectivity index (χ3n) is 3.44. The Bertz CT molecular complexity index is 431. The van der Waals surface area contributed by atoms with E-state index in [4.69, 9.17) is 15.6 Å². The third-order valence-corrected chi connectivity index (χ3v) is 3.44. The molecular weight excluding hydrogens is 242 g/mol. The molecule has 0 radical (unpaired) electrons. The third kappa shape index (κ3) is 4.56. The molecular formula is C15H23NO3. The summed E-state index contributed by atoms with van der Waals surface area (Å²) in [5.41, 5.74) is 7.89. The van der Waals surface area contributed by atoms with Crippen molar-refractivity contribution in [2.75, 3.05) is 13.7 Å². The van der Waals surface area contributed by atoms with E-state index in [1.165, 1.54) is 11.1 Å². The lowest BCUT2D eigenvalue weighted by atomic mass is 9.89. The van der Waals surface area contributed by atoms with Crippen molar-refractivity contribution in [1.29, 1.82) is 0 Å². The first-order valence-corrected chi connectivity index (χ1v) is 6.54. The molecule has 0 aromatic heterocycles. The van der Waals surface area contributed by atoms with Crippen LogP contribution in [0, 0.1) is 18.8 Å². The SMILES string of the molecule is COc1ccc(CC(C)CC(CN)C(=O)O)c(C)c1. The number of carboxylic acids is 1. The number of ether oxygens (including phenoxy) is 1. The Kier molecular flexibility index (Phi) is 5.83. The van der Waals surface area contributed by atoms with Gasteiger partial charge in [-0.2, -0.15) is 0 Å². The highest BCUT2D eigenvalue weighted by molar-refractivity contribution is 5.70. The summed E-state index contributed by atoms with van der Waals surface area (Å²) in [6.07, 6.45) is 1.47. The first kappa shape index (κ1) is 15.5. The van der Waals surface area contributed by atoms with E-state index in [0.717, 1.165) is 12.2 Å². The van der Waals surface area contributed by atoms with E-state index < -0.39 is 11.9 Å². The number of carbonyl (C=O) groups is 1. The Morgan fingerprint density at radius 2 is 2.16 bits per heavy atom. The second kappa shape index (κ2) is 7.14. The van der Waals surface area contributed by atoms with Gasteiger partial charge in [0.1, 0.15) is 5.75 Å². The van der Waals surface area contributed by atoms with Crippen LogP contribution in [0.5, 0.6) is 5.75 Å². The van der Waals surface area contributed by atoms with Gasteiger partial charge in [0.15, 0.2) is 0 Å². The number of rotatable bonds is 7. The fourth-order valence-corrected chi connectivity index (χ4v) is 2.27. The van der Waals surface area contributed by atoms with Gasteiger partial charge in [-0.05, 0) is 48.9 Å². The van der Waals surface area contributed by atoms with Crippen LogP contribution in [0.25, 0.3) is 0 Å². The minimum atomic E-state index is -0.805. The summed E-state index contributed by atoms with van der Waals surface area (Å²) in [7, 11) is 1.65. The molecule has 1 rings (SSSR count). The second-order valence-electron chi connectivity index (χ2n) is 5.11. The zero-order chi connectivity index (χ0) is 14.4. The van der Waals surface area contributed by atoms with E-state index in [1.54, 1.807) is 7.11 Å². The first-order chi connectivity index (χ1) is 8.97. The Morgan fingerprint density at radius 1 is 1.47 bits per heavy atom. The minimum Gasteiger partial charge on any atom is -0.497 e. The standard InChI is InChI=1S/C15H23NO3/c1-10(7-13(9-16)15(17)18)6-12-4-5-14(19-3)8-11(12)2/h4-5,8,10,13H,6-7,9,16H2,1-3H3,(H,17,18). The van der Waals surface area contributed by atoms with Gasteiger partial charge in [-0.25, -0.2) is 0 Å². The number of carboxylic acid groups (broad SMARTS) is 1.